The average molecular weight is 637 g/mol. The third kappa shape index (κ3) is 8.29. The van der Waals surface area contributed by atoms with E-state index < -0.39 is 44.9 Å². The van der Waals surface area contributed by atoms with Crippen LogP contribution in [-0.4, -0.2) is 29.5 Å². The van der Waals surface area contributed by atoms with Crippen molar-refractivity contribution >= 4 is 17.3 Å². The van der Waals surface area contributed by atoms with Gasteiger partial charge in [-0.05, 0) is 41.3 Å². The largest absolute Gasteiger partial charge is 0.487 e. The highest BCUT2D eigenvalue weighted by Crippen LogP contribution is 2.41. The predicted octanol–water partition coefficient (Wildman–Crippen LogP) is 9.39. The number of nitrogens with zero attached hydrogens (tertiary/aromatic N) is 2. The smallest absolute Gasteiger partial charge is 0.423 e. The van der Waals surface area contributed by atoms with Crippen LogP contribution in [0.5, 0.6) is 5.75 Å². The van der Waals surface area contributed by atoms with Crippen LogP contribution in [0.2, 0.25) is 5.02 Å². The van der Waals surface area contributed by atoms with E-state index >= 15 is 0 Å². The van der Waals surface area contributed by atoms with Crippen molar-refractivity contribution in [1.82, 2.24) is 4.90 Å². The summed E-state index contributed by atoms with van der Waals surface area (Å²) in [6, 6.07) is 25.5. The van der Waals surface area contributed by atoms with Gasteiger partial charge in [-0.15, -0.1) is 0 Å². The summed E-state index contributed by atoms with van der Waals surface area (Å²) < 4.78 is 86.3. The monoisotopic (exact) mass is 636 g/mol. The van der Waals surface area contributed by atoms with Crippen molar-refractivity contribution < 1.29 is 36.0 Å². The fraction of sp³-hybridized carbons (Fsp3) is 0.250. The Labute approximate surface area is 254 Å². The molecule has 0 spiro atoms. The van der Waals surface area contributed by atoms with E-state index in [9.17, 15) is 36.5 Å². The number of hydrogen-bond donors (Lipinski definition) is 0. The normalized spacial score (nSPS) is 12.1. The highest BCUT2D eigenvalue weighted by atomic mass is 35.5. The van der Waals surface area contributed by atoms with Crippen LogP contribution in [0, 0.1) is 10.1 Å². The second-order valence-electron chi connectivity index (χ2n) is 9.99. The molecule has 44 heavy (non-hydrogen) atoms. The van der Waals surface area contributed by atoms with Gasteiger partial charge in [0.15, 0.2) is 5.75 Å². The maximum atomic E-state index is 13.6. The highest BCUT2D eigenvalue weighted by Gasteiger charge is 2.40. The molecule has 0 N–H and O–H groups in total. The Bertz CT molecular complexity index is 1510. The predicted molar refractivity (Wildman–Crippen MR) is 155 cm³/mol. The summed E-state index contributed by atoms with van der Waals surface area (Å²) in [4.78, 5) is 12.2. The molecule has 0 saturated carbocycles. The van der Waals surface area contributed by atoms with Crippen molar-refractivity contribution in [2.45, 2.75) is 31.2 Å². The van der Waals surface area contributed by atoms with Crippen molar-refractivity contribution in [2.75, 3.05) is 19.7 Å². The van der Waals surface area contributed by atoms with Crippen LogP contribution in [0.4, 0.5) is 32.0 Å². The van der Waals surface area contributed by atoms with Crippen molar-refractivity contribution in [3.05, 3.63) is 140 Å². The first-order valence-corrected chi connectivity index (χ1v) is 13.9. The number of benzene rings is 4. The van der Waals surface area contributed by atoms with Crippen molar-refractivity contribution in [1.29, 1.82) is 0 Å². The summed E-state index contributed by atoms with van der Waals surface area (Å²) in [5, 5.41) is 11.1. The summed E-state index contributed by atoms with van der Waals surface area (Å²) in [6.07, 6.45) is -9.41. The molecule has 4 aromatic rings. The Morgan fingerprint density at radius 2 is 1.32 bits per heavy atom. The quantitative estimate of drug-likeness (QED) is 0.0673. The Hall–Kier alpha value is -4.09. The lowest BCUT2D eigenvalue weighted by molar-refractivity contribution is -0.389. The number of halogens is 7. The number of alkyl halides is 6. The highest BCUT2D eigenvalue weighted by molar-refractivity contribution is 6.32. The summed E-state index contributed by atoms with van der Waals surface area (Å²) in [5.41, 5.74) is -1.38. The Morgan fingerprint density at radius 3 is 1.86 bits per heavy atom. The van der Waals surface area contributed by atoms with Gasteiger partial charge in [0, 0.05) is 25.6 Å². The van der Waals surface area contributed by atoms with Crippen LogP contribution < -0.4 is 4.74 Å². The minimum atomic E-state index is -4.95. The number of nitro groups is 1. The molecule has 4 aromatic carbocycles. The number of rotatable bonds is 12. The summed E-state index contributed by atoms with van der Waals surface area (Å²) in [5.74, 6) is -0.712. The molecule has 0 saturated heterocycles. The van der Waals surface area contributed by atoms with Gasteiger partial charge in [-0.25, -0.2) is 0 Å². The van der Waals surface area contributed by atoms with E-state index in [2.05, 4.69) is 0 Å². The first-order chi connectivity index (χ1) is 20.9. The first kappa shape index (κ1) is 32.8. The van der Waals surface area contributed by atoms with Gasteiger partial charge in [0.2, 0.25) is 0 Å². The van der Waals surface area contributed by atoms with E-state index in [4.69, 9.17) is 16.3 Å². The van der Waals surface area contributed by atoms with Gasteiger partial charge in [0.1, 0.15) is 5.56 Å². The van der Waals surface area contributed by atoms with Crippen molar-refractivity contribution in [3.8, 4) is 5.75 Å². The minimum absolute atomic E-state index is 0.0304. The summed E-state index contributed by atoms with van der Waals surface area (Å²) in [6.45, 7) is 0.429. The van der Waals surface area contributed by atoms with Gasteiger partial charge >= 0.3 is 18.0 Å². The zero-order valence-corrected chi connectivity index (χ0v) is 23.9. The standard InChI is InChI=1S/C32H27ClF6N2O3/c33-29-24(14-7-15-26(29)31(34,35)36)20-40(21-25(22-10-3-1-4-11-22)23-12-5-2-6-13-23)18-9-19-44-28-17-8-16-27(32(37,38)39)30(28)41(42)43/h1-8,10-17,25H,9,18-21H2. The summed E-state index contributed by atoms with van der Waals surface area (Å²) in [7, 11) is 0. The van der Waals surface area contributed by atoms with E-state index in [0.717, 1.165) is 29.3 Å². The van der Waals surface area contributed by atoms with E-state index in [-0.39, 0.29) is 37.6 Å². The topological polar surface area (TPSA) is 55.6 Å². The number of ether oxygens (including phenoxy) is 1. The van der Waals surface area contributed by atoms with Crippen LogP contribution in [0.25, 0.3) is 0 Å². The first-order valence-electron chi connectivity index (χ1n) is 13.5. The van der Waals surface area contributed by atoms with E-state index in [1.165, 1.54) is 12.1 Å². The van der Waals surface area contributed by atoms with E-state index in [0.29, 0.717) is 12.6 Å². The summed E-state index contributed by atoms with van der Waals surface area (Å²) >= 11 is 6.22. The van der Waals surface area contributed by atoms with Crippen molar-refractivity contribution in [3.63, 3.8) is 0 Å². The Morgan fingerprint density at radius 1 is 0.773 bits per heavy atom. The van der Waals surface area contributed by atoms with Gasteiger partial charge in [0.05, 0.1) is 22.1 Å². The number of hydrogen-bond acceptors (Lipinski definition) is 4. The van der Waals surface area contributed by atoms with E-state index in [1.54, 1.807) is 0 Å². The molecule has 0 bridgehead atoms. The van der Waals surface area contributed by atoms with Crippen LogP contribution in [0.3, 0.4) is 0 Å². The van der Waals surface area contributed by atoms with Gasteiger partial charge in [-0.1, -0.05) is 90.5 Å². The molecule has 4 rings (SSSR count). The zero-order valence-electron chi connectivity index (χ0n) is 23.1. The maximum Gasteiger partial charge on any atom is 0.423 e. The van der Waals surface area contributed by atoms with Crippen LogP contribution in [0.1, 0.15) is 40.2 Å². The molecule has 0 aromatic heterocycles. The lowest BCUT2D eigenvalue weighted by atomic mass is 9.90. The maximum absolute atomic E-state index is 13.6. The van der Waals surface area contributed by atoms with Crippen LogP contribution >= 0.6 is 11.6 Å². The molecular formula is C32H27ClF6N2O3. The van der Waals surface area contributed by atoms with Gasteiger partial charge in [0.25, 0.3) is 0 Å². The minimum Gasteiger partial charge on any atom is -0.487 e. The second-order valence-corrected chi connectivity index (χ2v) is 10.4. The number of nitro benzene ring substituents is 1. The molecule has 12 heteroatoms. The molecule has 0 atom stereocenters. The molecule has 0 fully saturated rings. The molecule has 0 unspecified atom stereocenters. The van der Waals surface area contributed by atoms with Crippen molar-refractivity contribution in [2.24, 2.45) is 0 Å². The third-order valence-electron chi connectivity index (χ3n) is 6.99. The fourth-order valence-electron chi connectivity index (χ4n) is 4.95. The molecule has 232 valence electrons. The van der Waals surface area contributed by atoms with Crippen LogP contribution in [0.15, 0.2) is 97.1 Å². The fourth-order valence-corrected chi connectivity index (χ4v) is 5.25. The van der Waals surface area contributed by atoms with Gasteiger partial charge in [-0.3, -0.25) is 15.0 Å². The molecule has 0 aliphatic heterocycles. The molecule has 0 aliphatic rings. The lowest BCUT2D eigenvalue weighted by Gasteiger charge is -2.29. The SMILES string of the molecule is O=[N+]([O-])c1c(OCCCN(Cc2cccc(C(F)(F)F)c2Cl)CC(c2ccccc2)c2ccccc2)cccc1C(F)(F)F. The lowest BCUT2D eigenvalue weighted by Crippen LogP contribution is -2.31. The van der Waals surface area contributed by atoms with Gasteiger partial charge < -0.3 is 4.74 Å². The average Bonchev–Trinajstić information content (AvgIpc) is 2.98. The molecule has 5 nitrogen and oxygen atoms in total. The molecule has 0 radical (unpaired) electrons. The van der Waals surface area contributed by atoms with E-state index in [1.807, 2.05) is 65.6 Å². The Balaban J connectivity index is 1.60. The van der Waals surface area contributed by atoms with Crippen LogP contribution in [-0.2, 0) is 18.9 Å². The number of para-hydroxylation sites is 1. The third-order valence-corrected chi connectivity index (χ3v) is 7.43. The molecule has 0 heterocycles. The molecular weight excluding hydrogens is 610 g/mol. The second kappa shape index (κ2) is 14.1. The van der Waals surface area contributed by atoms with Gasteiger partial charge in [-0.2, -0.15) is 26.3 Å². The molecule has 0 aliphatic carbocycles. The zero-order chi connectivity index (χ0) is 31.9. The molecule has 0 amide bonds. The Kier molecular flexibility index (Phi) is 10.5.